The van der Waals surface area contributed by atoms with Gasteiger partial charge in [0.2, 0.25) is 0 Å². The maximum absolute atomic E-state index is 13.8. The first-order chi connectivity index (χ1) is 14.9. The summed E-state index contributed by atoms with van der Waals surface area (Å²) in [6.07, 6.45) is 5.72. The van der Waals surface area contributed by atoms with E-state index in [0.29, 0.717) is 28.7 Å². The highest BCUT2D eigenvalue weighted by molar-refractivity contribution is 6.35. The van der Waals surface area contributed by atoms with E-state index in [1.54, 1.807) is 18.3 Å². The molecule has 4 aromatic rings. The summed E-state index contributed by atoms with van der Waals surface area (Å²) in [4.78, 5) is 11.9. The number of pyridine rings is 1. The quantitative estimate of drug-likeness (QED) is 0.338. The van der Waals surface area contributed by atoms with Gasteiger partial charge in [-0.3, -0.25) is 4.98 Å². The van der Waals surface area contributed by atoms with Gasteiger partial charge >= 0.3 is 0 Å². The van der Waals surface area contributed by atoms with Gasteiger partial charge in [0.15, 0.2) is 11.6 Å². The van der Waals surface area contributed by atoms with Crippen LogP contribution in [0.25, 0.3) is 21.9 Å². The molecule has 0 spiro atoms. The van der Waals surface area contributed by atoms with E-state index in [1.807, 2.05) is 6.07 Å². The molecule has 1 fully saturated rings. The Kier molecular flexibility index (Phi) is 5.13. The van der Waals surface area contributed by atoms with Gasteiger partial charge in [0.25, 0.3) is 0 Å². The Bertz CT molecular complexity index is 1280. The van der Waals surface area contributed by atoms with E-state index in [1.165, 1.54) is 6.07 Å². The van der Waals surface area contributed by atoms with Gasteiger partial charge in [-0.05, 0) is 67.3 Å². The van der Waals surface area contributed by atoms with Crippen molar-refractivity contribution in [2.45, 2.75) is 44.4 Å². The number of hydrogen-bond acceptors (Lipinski definition) is 2. The number of H-pyrrole nitrogens is 1. The number of halogens is 4. The highest BCUT2D eigenvalue weighted by Crippen LogP contribution is 2.43. The third-order valence-electron chi connectivity index (χ3n) is 6.72. The van der Waals surface area contributed by atoms with Crippen molar-refractivity contribution in [2.75, 3.05) is 0 Å². The molecule has 2 aromatic carbocycles. The average Bonchev–Trinajstić information content (AvgIpc) is 3.21. The molecular weight excluding hydrogens is 423 g/mol. The minimum atomic E-state index is -1.06. The lowest BCUT2D eigenvalue weighted by atomic mass is 9.73. The number of aromatic nitrogens is 3. The molecule has 1 saturated carbocycles. The molecule has 5 rings (SSSR count). The van der Waals surface area contributed by atoms with Crippen LogP contribution in [0.5, 0.6) is 0 Å². The molecule has 2 aromatic heterocycles. The van der Waals surface area contributed by atoms with Crippen molar-refractivity contribution < 1.29 is 13.2 Å². The first-order valence-electron chi connectivity index (χ1n) is 10.5. The first-order valence-corrected chi connectivity index (χ1v) is 10.9. The summed E-state index contributed by atoms with van der Waals surface area (Å²) in [5, 5.41) is 0.622. The Morgan fingerprint density at radius 2 is 1.81 bits per heavy atom. The molecule has 7 heteroatoms. The van der Waals surface area contributed by atoms with Crippen LogP contribution in [0.3, 0.4) is 0 Å². The summed E-state index contributed by atoms with van der Waals surface area (Å²) < 4.78 is 41.3. The third kappa shape index (κ3) is 3.57. The maximum atomic E-state index is 13.8. The van der Waals surface area contributed by atoms with Gasteiger partial charge in [-0.15, -0.1) is 0 Å². The number of aromatic amines is 1. The smallest absolute Gasteiger partial charge is 0.179 e. The Balaban J connectivity index is 1.36. The van der Waals surface area contributed by atoms with E-state index >= 15 is 0 Å². The zero-order valence-corrected chi connectivity index (χ0v) is 17.7. The highest BCUT2D eigenvalue weighted by atomic mass is 35.5. The van der Waals surface area contributed by atoms with Crippen LogP contribution < -0.4 is 0 Å². The van der Waals surface area contributed by atoms with Crippen LogP contribution in [0.15, 0.2) is 36.5 Å². The van der Waals surface area contributed by atoms with Crippen LogP contribution in [-0.4, -0.2) is 15.0 Å². The van der Waals surface area contributed by atoms with E-state index < -0.39 is 11.6 Å². The van der Waals surface area contributed by atoms with Crippen LogP contribution in [0.2, 0.25) is 5.02 Å². The molecule has 1 aliphatic carbocycles. The van der Waals surface area contributed by atoms with Crippen LogP contribution >= 0.6 is 11.6 Å². The molecule has 0 radical (unpaired) electrons. The minimum absolute atomic E-state index is 0.0992. The van der Waals surface area contributed by atoms with Gasteiger partial charge < -0.3 is 4.98 Å². The fraction of sp³-hybridized carbons (Fsp3) is 0.333. The number of fused-ring (bicyclic) bond motifs is 2. The van der Waals surface area contributed by atoms with E-state index in [0.717, 1.165) is 48.2 Å². The Hall–Kier alpha value is -2.60. The summed E-state index contributed by atoms with van der Waals surface area (Å²) in [6.45, 7) is 2.08. The van der Waals surface area contributed by atoms with Crippen LogP contribution in [0, 0.1) is 23.4 Å². The van der Waals surface area contributed by atoms with Crippen molar-refractivity contribution in [3.05, 3.63) is 70.4 Å². The van der Waals surface area contributed by atoms with Gasteiger partial charge in [-0.25, -0.2) is 18.2 Å². The lowest BCUT2D eigenvalue weighted by Crippen LogP contribution is -2.19. The van der Waals surface area contributed by atoms with Crippen molar-refractivity contribution >= 4 is 33.5 Å². The second-order valence-corrected chi connectivity index (χ2v) is 8.84. The SMILES string of the molecule is CC(c1nc2cc(F)c(F)c(Cl)c2[nH]1)[C@H]1CC[C@@H](c2ccnc3ccc(F)cc32)CC1. The van der Waals surface area contributed by atoms with Gasteiger partial charge in [-0.1, -0.05) is 18.5 Å². The molecule has 0 bridgehead atoms. The Labute approximate surface area is 182 Å². The molecule has 1 unspecified atom stereocenters. The second-order valence-electron chi connectivity index (χ2n) is 8.46. The van der Waals surface area contributed by atoms with E-state index in [9.17, 15) is 13.2 Å². The maximum Gasteiger partial charge on any atom is 0.179 e. The molecule has 31 heavy (non-hydrogen) atoms. The molecule has 1 aliphatic rings. The first kappa shape index (κ1) is 20.3. The number of nitrogens with zero attached hydrogens (tertiary/aromatic N) is 2. The summed E-state index contributed by atoms with van der Waals surface area (Å²) >= 11 is 5.96. The van der Waals surface area contributed by atoms with Crippen molar-refractivity contribution in [1.29, 1.82) is 0 Å². The van der Waals surface area contributed by atoms with Crippen LogP contribution in [0.4, 0.5) is 13.2 Å². The fourth-order valence-corrected chi connectivity index (χ4v) is 5.17. The normalized spacial score (nSPS) is 20.4. The van der Waals surface area contributed by atoms with Crippen LogP contribution in [-0.2, 0) is 0 Å². The standard InChI is InChI=1S/C24H21ClF3N3/c1-12(24-30-20-11-18(27)22(28)21(25)23(20)31-24)13-2-4-14(5-3-13)16-8-9-29-19-7-6-15(26)10-17(16)19/h6-14H,2-5H2,1H3,(H,30,31)/t12?,13-,14+. The topological polar surface area (TPSA) is 41.6 Å². The number of nitrogens with one attached hydrogen (secondary N) is 1. The second kappa shape index (κ2) is 7.83. The zero-order chi connectivity index (χ0) is 21.7. The third-order valence-corrected chi connectivity index (χ3v) is 7.08. The molecular formula is C24H21ClF3N3. The summed E-state index contributed by atoms with van der Waals surface area (Å²) in [7, 11) is 0. The van der Waals surface area contributed by atoms with E-state index in [2.05, 4.69) is 21.9 Å². The Morgan fingerprint density at radius 1 is 1.03 bits per heavy atom. The summed E-state index contributed by atoms with van der Waals surface area (Å²) in [5.74, 6) is -0.771. The van der Waals surface area contributed by atoms with Crippen molar-refractivity contribution in [3.63, 3.8) is 0 Å². The van der Waals surface area contributed by atoms with Gasteiger partial charge in [0.1, 0.15) is 16.7 Å². The average molecular weight is 444 g/mol. The Morgan fingerprint density at radius 3 is 2.58 bits per heavy atom. The molecule has 160 valence electrons. The summed E-state index contributed by atoms with van der Waals surface area (Å²) in [6, 6.07) is 7.81. The summed E-state index contributed by atoms with van der Waals surface area (Å²) in [5.41, 5.74) is 2.64. The fourth-order valence-electron chi connectivity index (χ4n) is 4.94. The molecule has 0 aliphatic heterocycles. The number of hydrogen-bond donors (Lipinski definition) is 1. The van der Waals surface area contributed by atoms with Crippen molar-refractivity contribution in [1.82, 2.24) is 15.0 Å². The number of rotatable bonds is 3. The monoisotopic (exact) mass is 443 g/mol. The molecule has 0 amide bonds. The lowest BCUT2D eigenvalue weighted by molar-refractivity contribution is 0.286. The molecule has 1 N–H and O–H groups in total. The molecule has 0 saturated heterocycles. The predicted molar refractivity (Wildman–Crippen MR) is 116 cm³/mol. The van der Waals surface area contributed by atoms with Gasteiger partial charge in [-0.2, -0.15) is 0 Å². The van der Waals surface area contributed by atoms with Gasteiger partial charge in [0, 0.05) is 23.6 Å². The lowest BCUT2D eigenvalue weighted by Gasteiger charge is -2.32. The molecule has 3 nitrogen and oxygen atoms in total. The number of benzene rings is 2. The minimum Gasteiger partial charge on any atom is -0.340 e. The van der Waals surface area contributed by atoms with Crippen LogP contribution in [0.1, 0.15) is 55.8 Å². The van der Waals surface area contributed by atoms with Crippen molar-refractivity contribution in [2.24, 2.45) is 5.92 Å². The zero-order valence-electron chi connectivity index (χ0n) is 16.9. The predicted octanol–water partition coefficient (Wildman–Crippen LogP) is 7.26. The molecule has 2 heterocycles. The van der Waals surface area contributed by atoms with E-state index in [4.69, 9.17) is 11.6 Å². The largest absolute Gasteiger partial charge is 0.340 e. The molecule has 1 atom stereocenters. The van der Waals surface area contributed by atoms with Crippen molar-refractivity contribution in [3.8, 4) is 0 Å². The van der Waals surface area contributed by atoms with E-state index in [-0.39, 0.29) is 16.8 Å². The van der Waals surface area contributed by atoms with Gasteiger partial charge in [0.05, 0.1) is 16.6 Å². The highest BCUT2D eigenvalue weighted by Gasteiger charge is 2.29. The number of imidazole rings is 1.